The van der Waals surface area contributed by atoms with E-state index < -0.39 is 54.6 Å². The Bertz CT molecular complexity index is 1470. The first-order valence-electron chi connectivity index (χ1n) is 13.4. The van der Waals surface area contributed by atoms with Crippen LogP contribution in [0.3, 0.4) is 0 Å². The molecular formula is C21H31N6O15P3-4. The zero-order chi connectivity index (χ0) is 33.4. The fourth-order valence-electron chi connectivity index (χ4n) is 4.14. The van der Waals surface area contributed by atoms with Crippen LogP contribution in [0, 0.1) is 0 Å². The highest BCUT2D eigenvalue weighted by atomic mass is 31.3. The maximum absolute atomic E-state index is 11.9. The van der Waals surface area contributed by atoms with Crippen LogP contribution < -0.4 is 30.2 Å². The number of phosphoric acid groups is 3. The van der Waals surface area contributed by atoms with Crippen LogP contribution in [0.1, 0.15) is 51.7 Å². The molecule has 4 N–H and O–H groups in total. The number of hydrogen-bond donors (Lipinski definition) is 4. The van der Waals surface area contributed by atoms with E-state index in [9.17, 15) is 53.1 Å². The van der Waals surface area contributed by atoms with Crippen molar-refractivity contribution < 1.29 is 71.0 Å². The number of anilines is 1. The van der Waals surface area contributed by atoms with E-state index in [0.717, 1.165) is 0 Å². The van der Waals surface area contributed by atoms with Crippen LogP contribution in [-0.4, -0.2) is 79.4 Å². The predicted molar refractivity (Wildman–Crippen MR) is 142 cm³/mol. The van der Waals surface area contributed by atoms with Gasteiger partial charge in [-0.15, -0.1) is 0 Å². The highest BCUT2D eigenvalue weighted by Gasteiger charge is 2.45. The van der Waals surface area contributed by atoms with Crippen molar-refractivity contribution in [2.24, 2.45) is 0 Å². The molecule has 45 heavy (non-hydrogen) atoms. The molecule has 1 amide bonds. The lowest BCUT2D eigenvalue weighted by atomic mass is 10.1. The van der Waals surface area contributed by atoms with Gasteiger partial charge in [0.05, 0.1) is 20.8 Å². The highest BCUT2D eigenvalue weighted by molar-refractivity contribution is 7.64. The fourth-order valence-corrected chi connectivity index (χ4v) is 7.01. The number of nitrogens with zero attached hydrogens (tertiary/aromatic N) is 4. The molecule has 1 aliphatic heterocycles. The summed E-state index contributed by atoms with van der Waals surface area (Å²) in [6.45, 7) is 1.33. The van der Waals surface area contributed by atoms with E-state index in [1.165, 1.54) is 24.1 Å². The van der Waals surface area contributed by atoms with Crippen LogP contribution in [-0.2, 0) is 41.2 Å². The van der Waals surface area contributed by atoms with Gasteiger partial charge >= 0.3 is 0 Å². The van der Waals surface area contributed by atoms with Gasteiger partial charge in [0.15, 0.2) is 23.2 Å². The second kappa shape index (κ2) is 16.1. The fraction of sp³-hybridized carbons (Fsp3) is 0.667. The SMILES string of the molecule is CC(=O)CCCCC(=O)NCCCCNc1ncnc2c1ncn2[C@@H]1O[C@H](COP(=O)([O-])OP(=O)([O-])OP(=O)([O-])[O-])[C@@H](O)[C@H]1O. The Morgan fingerprint density at radius 3 is 2.33 bits per heavy atom. The molecule has 21 nitrogen and oxygen atoms in total. The number of fused-ring (bicyclic) bond motifs is 1. The summed E-state index contributed by atoms with van der Waals surface area (Å²) in [7, 11) is -18.2. The summed E-state index contributed by atoms with van der Waals surface area (Å²) in [6, 6.07) is 0. The van der Waals surface area contributed by atoms with E-state index in [1.54, 1.807) is 0 Å². The lowest BCUT2D eigenvalue weighted by Crippen LogP contribution is -2.34. The number of unbranched alkanes of at least 4 members (excludes halogenated alkanes) is 2. The van der Waals surface area contributed by atoms with Crippen LogP contribution in [0.4, 0.5) is 5.82 Å². The number of Topliss-reactive ketones (excluding diaryl/α,β-unsaturated/α-hetero) is 1. The number of ether oxygens (including phenoxy) is 1. The van der Waals surface area contributed by atoms with E-state index in [0.29, 0.717) is 57.4 Å². The third kappa shape index (κ3) is 11.8. The van der Waals surface area contributed by atoms with Crippen LogP contribution in [0.25, 0.3) is 11.2 Å². The summed E-state index contributed by atoms with van der Waals surface area (Å²) in [5.41, 5.74) is 0.420. The number of aromatic nitrogens is 4. The number of imidazole rings is 1. The van der Waals surface area contributed by atoms with Crippen LogP contribution in [0.2, 0.25) is 0 Å². The number of rotatable bonds is 19. The van der Waals surface area contributed by atoms with Gasteiger partial charge in [-0.05, 0) is 32.6 Å². The standard InChI is InChI=1S/C21H35N6O15P3/c1-13(28)6-2-3-7-15(29)22-8-4-5-9-23-19-16-20(25-11-24-19)27(12-26-16)21-18(31)17(30)14(40-21)10-39-44(35,36)42-45(37,38)41-43(32,33)34/h11-12,14,17-18,21,30-31H,2-10H2,1H3,(H,22,29)(H,35,36)(H,37,38)(H,23,24,25)(H2,32,33,34)/p-4/t14-,17-,18-,21-/m1/s1. The lowest BCUT2D eigenvalue weighted by molar-refractivity contribution is -0.339. The summed E-state index contributed by atoms with van der Waals surface area (Å²) in [4.78, 5) is 79.3. The highest BCUT2D eigenvalue weighted by Crippen LogP contribution is 2.60. The molecule has 254 valence electrons. The summed E-state index contributed by atoms with van der Waals surface area (Å²) >= 11 is 0. The Morgan fingerprint density at radius 1 is 0.956 bits per heavy atom. The second-order valence-electron chi connectivity index (χ2n) is 9.79. The average Bonchev–Trinajstić information content (AvgIpc) is 3.46. The molecule has 1 aliphatic rings. The Labute approximate surface area is 255 Å². The van der Waals surface area contributed by atoms with Gasteiger partial charge in [0.2, 0.25) is 5.91 Å². The predicted octanol–water partition coefficient (Wildman–Crippen LogP) is -2.28. The second-order valence-corrected chi connectivity index (χ2v) is 14.0. The Hall–Kier alpha value is -2.22. The molecule has 3 rings (SSSR count). The lowest BCUT2D eigenvalue weighted by Gasteiger charge is -2.37. The molecule has 3 heterocycles. The van der Waals surface area contributed by atoms with Crippen molar-refractivity contribution in [1.82, 2.24) is 24.8 Å². The number of carbonyl (C=O) groups is 2. The monoisotopic (exact) mass is 700 g/mol. The number of carbonyl (C=O) groups excluding carboxylic acids is 2. The molecular weight excluding hydrogens is 669 g/mol. The van der Waals surface area contributed by atoms with Crippen molar-refractivity contribution in [2.75, 3.05) is 25.0 Å². The topological polar surface area (TPSA) is 323 Å². The van der Waals surface area contributed by atoms with Gasteiger partial charge in [0.1, 0.15) is 30.4 Å². The third-order valence-corrected chi connectivity index (χ3v) is 9.83. The number of amides is 1. The van der Waals surface area contributed by atoms with Crippen molar-refractivity contribution in [3.05, 3.63) is 12.7 Å². The van der Waals surface area contributed by atoms with Crippen LogP contribution >= 0.6 is 23.5 Å². The molecule has 2 aromatic heterocycles. The molecule has 6 atom stereocenters. The van der Waals surface area contributed by atoms with Gasteiger partial charge < -0.3 is 59.0 Å². The van der Waals surface area contributed by atoms with Crippen molar-refractivity contribution in [3.63, 3.8) is 0 Å². The zero-order valence-corrected chi connectivity index (χ0v) is 26.3. The molecule has 0 saturated carbocycles. The van der Waals surface area contributed by atoms with E-state index >= 15 is 0 Å². The smallest absolute Gasteiger partial charge is 0.278 e. The molecule has 1 saturated heterocycles. The molecule has 0 radical (unpaired) electrons. The van der Waals surface area contributed by atoms with Crippen LogP contribution in [0.5, 0.6) is 0 Å². The minimum Gasteiger partial charge on any atom is -0.790 e. The van der Waals surface area contributed by atoms with E-state index in [-0.39, 0.29) is 22.9 Å². The van der Waals surface area contributed by atoms with Gasteiger partial charge in [-0.25, -0.2) is 19.3 Å². The summed E-state index contributed by atoms with van der Waals surface area (Å²) in [5.74, 6) is 0.335. The van der Waals surface area contributed by atoms with Crippen LogP contribution in [0.15, 0.2) is 12.7 Å². The number of aliphatic hydroxyl groups is 2. The van der Waals surface area contributed by atoms with Gasteiger partial charge in [-0.2, -0.15) is 0 Å². The molecule has 1 fully saturated rings. The van der Waals surface area contributed by atoms with Crippen molar-refractivity contribution in [1.29, 1.82) is 0 Å². The van der Waals surface area contributed by atoms with Gasteiger partial charge in [-0.1, -0.05) is 0 Å². The van der Waals surface area contributed by atoms with Gasteiger partial charge in [0.25, 0.3) is 15.6 Å². The van der Waals surface area contributed by atoms with E-state index in [2.05, 4.69) is 38.7 Å². The first-order chi connectivity index (χ1) is 21.0. The third-order valence-electron chi connectivity index (χ3n) is 6.17. The molecule has 0 spiro atoms. The maximum Gasteiger partial charge on any atom is 0.278 e. The molecule has 0 aromatic carbocycles. The Balaban J connectivity index is 1.51. The number of nitrogens with one attached hydrogen (secondary N) is 2. The first kappa shape index (κ1) is 37.2. The normalized spacial score (nSPS) is 23.0. The molecule has 0 bridgehead atoms. The maximum atomic E-state index is 11.9. The Morgan fingerprint density at radius 2 is 1.64 bits per heavy atom. The number of hydrogen-bond acceptors (Lipinski definition) is 19. The zero-order valence-electron chi connectivity index (χ0n) is 23.7. The van der Waals surface area contributed by atoms with Crippen molar-refractivity contribution in [3.8, 4) is 0 Å². The number of phosphoric ester groups is 1. The van der Waals surface area contributed by atoms with Gasteiger partial charge in [-0.3, -0.25) is 22.8 Å². The minimum absolute atomic E-state index is 0.0863. The average molecular weight is 700 g/mol. The molecule has 2 aromatic rings. The number of ketones is 1. The van der Waals surface area contributed by atoms with Crippen molar-refractivity contribution in [2.45, 2.75) is 70.0 Å². The van der Waals surface area contributed by atoms with E-state index in [4.69, 9.17) is 4.74 Å². The quantitative estimate of drug-likeness (QED) is 0.0885. The Kier molecular flexibility index (Phi) is 13.3. The summed E-state index contributed by atoms with van der Waals surface area (Å²) in [6.07, 6.45) is -0.550. The minimum atomic E-state index is -6.18. The summed E-state index contributed by atoms with van der Waals surface area (Å²) in [5, 5.41) is 26.8. The van der Waals surface area contributed by atoms with Crippen molar-refractivity contribution >= 4 is 52.1 Å². The van der Waals surface area contributed by atoms with Gasteiger partial charge in [0, 0.05) is 25.9 Å². The number of aliphatic hydroxyl groups excluding tert-OH is 2. The summed E-state index contributed by atoms with van der Waals surface area (Å²) < 4.78 is 51.2. The first-order valence-corrected chi connectivity index (χ1v) is 17.8. The molecule has 2 unspecified atom stereocenters. The molecule has 24 heteroatoms. The molecule has 0 aliphatic carbocycles. The van der Waals surface area contributed by atoms with E-state index in [1.807, 2.05) is 0 Å². The largest absolute Gasteiger partial charge is 0.790 e.